The Hall–Kier alpha value is -1.26. The van der Waals surface area contributed by atoms with Crippen LogP contribution in [0.5, 0.6) is 0 Å². The molecule has 1 aromatic carbocycles. The molecule has 1 unspecified atom stereocenters. The first-order valence-electron chi connectivity index (χ1n) is 6.46. The van der Waals surface area contributed by atoms with Gasteiger partial charge in [-0.2, -0.15) is 0 Å². The van der Waals surface area contributed by atoms with Gasteiger partial charge in [-0.05, 0) is 44.5 Å². The topological polar surface area (TPSA) is 24.9 Å². The second-order valence-corrected chi connectivity index (χ2v) is 5.92. The summed E-state index contributed by atoms with van der Waals surface area (Å²) < 4.78 is 13.4. The van der Waals surface area contributed by atoms with Crippen LogP contribution in [-0.4, -0.2) is 11.5 Å². The van der Waals surface area contributed by atoms with Crippen LogP contribution in [0.3, 0.4) is 0 Å². The summed E-state index contributed by atoms with van der Waals surface area (Å²) in [5, 5.41) is 4.53. The second kappa shape index (κ2) is 5.80. The van der Waals surface area contributed by atoms with Crippen molar-refractivity contribution in [1.29, 1.82) is 0 Å². The molecule has 1 heterocycles. The maximum atomic E-state index is 13.4. The monoisotopic (exact) mass is 278 g/mol. The fraction of sp³-hybridized carbons (Fsp3) is 0.400. The van der Waals surface area contributed by atoms with Crippen LogP contribution < -0.4 is 5.32 Å². The van der Waals surface area contributed by atoms with E-state index in [9.17, 15) is 4.39 Å². The Balaban J connectivity index is 2.44. The van der Waals surface area contributed by atoms with Crippen LogP contribution in [0.4, 0.5) is 4.39 Å². The average molecular weight is 278 g/mol. The standard InChI is InChI=1S/C15H19FN2S/c1-5-17-14(15-10(3)18-11(4)19-15)12-6-7-13(16)9(2)8-12/h6-8,14,17H,5H2,1-4H3. The van der Waals surface area contributed by atoms with Gasteiger partial charge in [-0.15, -0.1) is 11.3 Å². The molecule has 102 valence electrons. The van der Waals surface area contributed by atoms with Crippen LogP contribution in [0.1, 0.15) is 39.7 Å². The summed E-state index contributed by atoms with van der Waals surface area (Å²) in [7, 11) is 0. The van der Waals surface area contributed by atoms with Gasteiger partial charge in [-0.1, -0.05) is 19.1 Å². The first-order chi connectivity index (χ1) is 9.02. The number of aryl methyl sites for hydroxylation is 3. The molecule has 0 saturated heterocycles. The van der Waals surface area contributed by atoms with E-state index in [1.165, 1.54) is 10.9 Å². The lowest BCUT2D eigenvalue weighted by atomic mass is 10.0. The first kappa shape index (κ1) is 14.2. The summed E-state index contributed by atoms with van der Waals surface area (Å²) in [6, 6.07) is 5.40. The van der Waals surface area contributed by atoms with Crippen LogP contribution in [0, 0.1) is 26.6 Å². The largest absolute Gasteiger partial charge is 0.306 e. The molecule has 1 atom stereocenters. The maximum absolute atomic E-state index is 13.4. The lowest BCUT2D eigenvalue weighted by molar-refractivity contribution is 0.608. The van der Waals surface area contributed by atoms with Crippen molar-refractivity contribution in [2.45, 2.75) is 33.7 Å². The molecule has 1 aromatic heterocycles. The van der Waals surface area contributed by atoms with Gasteiger partial charge in [-0.3, -0.25) is 0 Å². The minimum Gasteiger partial charge on any atom is -0.306 e. The predicted molar refractivity (Wildman–Crippen MR) is 78.2 cm³/mol. The van der Waals surface area contributed by atoms with Crippen molar-refractivity contribution in [3.8, 4) is 0 Å². The van der Waals surface area contributed by atoms with Crippen molar-refractivity contribution in [3.05, 3.63) is 50.7 Å². The van der Waals surface area contributed by atoms with Crippen molar-refractivity contribution >= 4 is 11.3 Å². The minimum atomic E-state index is -0.156. The molecule has 0 fully saturated rings. The van der Waals surface area contributed by atoms with Gasteiger partial charge in [0.25, 0.3) is 0 Å². The Morgan fingerprint density at radius 3 is 2.58 bits per heavy atom. The lowest BCUT2D eigenvalue weighted by Gasteiger charge is -2.18. The van der Waals surface area contributed by atoms with Gasteiger partial charge in [0, 0.05) is 4.88 Å². The second-order valence-electron chi connectivity index (χ2n) is 4.68. The molecule has 0 bridgehead atoms. The third kappa shape index (κ3) is 3.01. The zero-order valence-corrected chi connectivity index (χ0v) is 12.6. The summed E-state index contributed by atoms with van der Waals surface area (Å²) in [4.78, 5) is 5.70. The Bertz CT molecular complexity index is 578. The molecular formula is C15H19FN2S. The Morgan fingerprint density at radius 1 is 1.32 bits per heavy atom. The van der Waals surface area contributed by atoms with Gasteiger partial charge in [0.1, 0.15) is 5.82 Å². The SMILES string of the molecule is CCNC(c1ccc(F)c(C)c1)c1sc(C)nc1C. The zero-order chi connectivity index (χ0) is 14.0. The molecule has 4 heteroatoms. The molecule has 0 radical (unpaired) electrons. The van der Waals surface area contributed by atoms with Crippen molar-refractivity contribution in [1.82, 2.24) is 10.3 Å². The molecular weight excluding hydrogens is 259 g/mol. The highest BCUT2D eigenvalue weighted by Gasteiger charge is 2.19. The molecule has 0 spiro atoms. The van der Waals surface area contributed by atoms with E-state index in [0.717, 1.165) is 22.8 Å². The van der Waals surface area contributed by atoms with E-state index in [4.69, 9.17) is 0 Å². The molecule has 2 aromatic rings. The van der Waals surface area contributed by atoms with Crippen molar-refractivity contribution < 1.29 is 4.39 Å². The van der Waals surface area contributed by atoms with Gasteiger partial charge in [0.15, 0.2) is 0 Å². The number of nitrogens with one attached hydrogen (secondary N) is 1. The smallest absolute Gasteiger partial charge is 0.126 e. The maximum Gasteiger partial charge on any atom is 0.126 e. The number of rotatable bonds is 4. The van der Waals surface area contributed by atoms with Crippen LogP contribution in [-0.2, 0) is 0 Å². The van der Waals surface area contributed by atoms with Gasteiger partial charge in [0.2, 0.25) is 0 Å². The first-order valence-corrected chi connectivity index (χ1v) is 7.28. The lowest BCUT2D eigenvalue weighted by Crippen LogP contribution is -2.22. The van der Waals surface area contributed by atoms with Gasteiger partial charge < -0.3 is 5.32 Å². The van der Waals surface area contributed by atoms with Gasteiger partial charge >= 0.3 is 0 Å². The number of thiazole rings is 1. The Labute approximate surface area is 117 Å². The number of aromatic nitrogens is 1. The molecule has 0 aliphatic carbocycles. The number of halogens is 1. The van der Waals surface area contributed by atoms with Crippen molar-refractivity contribution in [2.75, 3.05) is 6.54 Å². The van der Waals surface area contributed by atoms with Crippen LogP contribution in [0.25, 0.3) is 0 Å². The van der Waals surface area contributed by atoms with Crippen LogP contribution >= 0.6 is 11.3 Å². The summed E-state index contributed by atoms with van der Waals surface area (Å²) in [5.74, 6) is -0.156. The third-order valence-electron chi connectivity index (χ3n) is 3.13. The number of nitrogens with zero attached hydrogens (tertiary/aromatic N) is 1. The quantitative estimate of drug-likeness (QED) is 0.917. The summed E-state index contributed by atoms with van der Waals surface area (Å²) >= 11 is 1.70. The van der Waals surface area contributed by atoms with E-state index in [1.807, 2.05) is 26.0 Å². The van der Waals surface area contributed by atoms with Crippen LogP contribution in [0.2, 0.25) is 0 Å². The molecule has 2 rings (SSSR count). The molecule has 0 saturated carbocycles. The van der Waals surface area contributed by atoms with E-state index in [0.29, 0.717) is 5.56 Å². The zero-order valence-electron chi connectivity index (χ0n) is 11.7. The van der Waals surface area contributed by atoms with E-state index in [1.54, 1.807) is 18.3 Å². The number of hydrogen-bond acceptors (Lipinski definition) is 3. The summed E-state index contributed by atoms with van der Waals surface area (Å²) in [5.41, 5.74) is 2.82. The van der Waals surface area contributed by atoms with Crippen molar-refractivity contribution in [3.63, 3.8) is 0 Å². The predicted octanol–water partition coefficient (Wildman–Crippen LogP) is 3.91. The number of hydrogen-bond donors (Lipinski definition) is 1. The highest BCUT2D eigenvalue weighted by Crippen LogP contribution is 2.30. The Morgan fingerprint density at radius 2 is 2.05 bits per heavy atom. The summed E-state index contributed by atoms with van der Waals surface area (Å²) in [6.45, 7) is 8.77. The molecule has 19 heavy (non-hydrogen) atoms. The molecule has 0 amide bonds. The van der Waals surface area contributed by atoms with E-state index < -0.39 is 0 Å². The molecule has 0 aliphatic heterocycles. The van der Waals surface area contributed by atoms with E-state index in [2.05, 4.69) is 17.2 Å². The van der Waals surface area contributed by atoms with E-state index in [-0.39, 0.29) is 11.9 Å². The van der Waals surface area contributed by atoms with Crippen LogP contribution in [0.15, 0.2) is 18.2 Å². The third-order valence-corrected chi connectivity index (χ3v) is 4.26. The number of benzene rings is 1. The average Bonchev–Trinajstić information content (AvgIpc) is 2.69. The van der Waals surface area contributed by atoms with Gasteiger partial charge in [0.05, 0.1) is 16.7 Å². The molecule has 1 N–H and O–H groups in total. The van der Waals surface area contributed by atoms with Gasteiger partial charge in [-0.25, -0.2) is 9.37 Å². The normalized spacial score (nSPS) is 12.7. The van der Waals surface area contributed by atoms with E-state index >= 15 is 0 Å². The van der Waals surface area contributed by atoms with Crippen molar-refractivity contribution in [2.24, 2.45) is 0 Å². The highest BCUT2D eigenvalue weighted by atomic mass is 32.1. The Kier molecular flexibility index (Phi) is 4.32. The highest BCUT2D eigenvalue weighted by molar-refractivity contribution is 7.11. The molecule has 0 aliphatic rings. The fourth-order valence-corrected chi connectivity index (χ4v) is 3.26. The molecule has 2 nitrogen and oxygen atoms in total. The summed E-state index contributed by atoms with van der Waals surface area (Å²) in [6.07, 6.45) is 0. The minimum absolute atomic E-state index is 0.0931. The fourth-order valence-electron chi connectivity index (χ4n) is 2.23.